The standard InChI is InChI=1S/C12H22O2/c1-9(2)6-7-12(10(3)4)8-14-11(5)13/h7,9-10H,6,8H2,1-5H3/b12-7-. The predicted octanol–water partition coefficient (Wildman–Crippen LogP) is 3.18. The summed E-state index contributed by atoms with van der Waals surface area (Å²) in [6.45, 7) is 10.5. The summed E-state index contributed by atoms with van der Waals surface area (Å²) in [6.07, 6.45) is 3.24. The molecule has 0 aliphatic heterocycles. The second-order valence-corrected chi connectivity index (χ2v) is 4.34. The molecule has 0 aliphatic carbocycles. The van der Waals surface area contributed by atoms with Crippen molar-refractivity contribution >= 4 is 5.97 Å². The van der Waals surface area contributed by atoms with Crippen LogP contribution in [0.2, 0.25) is 0 Å². The monoisotopic (exact) mass is 198 g/mol. The minimum atomic E-state index is -0.207. The van der Waals surface area contributed by atoms with E-state index in [1.807, 2.05) is 0 Å². The Bertz CT molecular complexity index is 202. The number of esters is 1. The van der Waals surface area contributed by atoms with Crippen LogP contribution in [-0.4, -0.2) is 12.6 Å². The fraction of sp³-hybridized carbons (Fsp3) is 0.750. The number of carbonyl (C=O) groups excluding carboxylic acids is 1. The van der Waals surface area contributed by atoms with Crippen LogP contribution in [0.1, 0.15) is 41.0 Å². The summed E-state index contributed by atoms with van der Waals surface area (Å²) in [6, 6.07) is 0. The van der Waals surface area contributed by atoms with Crippen LogP contribution in [0.15, 0.2) is 11.6 Å². The van der Waals surface area contributed by atoms with Gasteiger partial charge in [0.25, 0.3) is 0 Å². The van der Waals surface area contributed by atoms with Crippen LogP contribution < -0.4 is 0 Å². The number of rotatable bonds is 5. The molecule has 0 radical (unpaired) electrons. The molecule has 0 rings (SSSR count). The lowest BCUT2D eigenvalue weighted by molar-refractivity contribution is -0.140. The van der Waals surface area contributed by atoms with E-state index in [9.17, 15) is 4.79 Å². The molecule has 0 amide bonds. The molecule has 0 N–H and O–H groups in total. The van der Waals surface area contributed by atoms with Crippen LogP contribution in [0, 0.1) is 11.8 Å². The molecule has 0 aromatic heterocycles. The highest BCUT2D eigenvalue weighted by Gasteiger charge is 2.05. The van der Waals surface area contributed by atoms with E-state index < -0.39 is 0 Å². The lowest BCUT2D eigenvalue weighted by Gasteiger charge is -2.12. The zero-order chi connectivity index (χ0) is 11.1. The molecule has 0 unspecified atom stereocenters. The molecule has 0 saturated carbocycles. The summed E-state index contributed by atoms with van der Waals surface area (Å²) in [5.74, 6) is 0.898. The van der Waals surface area contributed by atoms with Crippen LogP contribution in [0.3, 0.4) is 0 Å². The smallest absolute Gasteiger partial charge is 0.302 e. The van der Waals surface area contributed by atoms with E-state index in [1.54, 1.807) is 0 Å². The van der Waals surface area contributed by atoms with Crippen molar-refractivity contribution in [2.45, 2.75) is 41.0 Å². The summed E-state index contributed by atoms with van der Waals surface area (Å²) < 4.78 is 4.99. The maximum Gasteiger partial charge on any atom is 0.302 e. The average molecular weight is 198 g/mol. The number of hydrogen-bond donors (Lipinski definition) is 0. The predicted molar refractivity (Wildman–Crippen MR) is 59.0 cm³/mol. The highest BCUT2D eigenvalue weighted by atomic mass is 16.5. The maximum atomic E-state index is 10.7. The van der Waals surface area contributed by atoms with Gasteiger partial charge in [0.15, 0.2) is 0 Å². The Hall–Kier alpha value is -0.790. The largest absolute Gasteiger partial charge is 0.461 e. The third kappa shape index (κ3) is 6.70. The third-order valence-corrected chi connectivity index (χ3v) is 2.04. The van der Waals surface area contributed by atoms with Crippen LogP contribution in [-0.2, 0) is 9.53 Å². The molecule has 0 aromatic carbocycles. The molecule has 2 heteroatoms. The molecule has 2 nitrogen and oxygen atoms in total. The normalized spacial score (nSPS) is 12.4. The second kappa shape index (κ2) is 6.63. The van der Waals surface area contributed by atoms with Gasteiger partial charge in [-0.3, -0.25) is 4.79 Å². The van der Waals surface area contributed by atoms with E-state index in [4.69, 9.17) is 4.74 Å². The molecular weight excluding hydrogens is 176 g/mol. The number of allylic oxidation sites excluding steroid dienone is 1. The minimum absolute atomic E-state index is 0.207. The fourth-order valence-electron chi connectivity index (χ4n) is 1.03. The summed E-state index contributed by atoms with van der Waals surface area (Å²) in [7, 11) is 0. The minimum Gasteiger partial charge on any atom is -0.461 e. The van der Waals surface area contributed by atoms with Crippen LogP contribution in [0.5, 0.6) is 0 Å². The fourth-order valence-corrected chi connectivity index (χ4v) is 1.03. The van der Waals surface area contributed by atoms with Gasteiger partial charge in [-0.1, -0.05) is 33.8 Å². The van der Waals surface area contributed by atoms with Gasteiger partial charge in [-0.05, 0) is 23.8 Å². The van der Waals surface area contributed by atoms with Gasteiger partial charge < -0.3 is 4.74 Å². The van der Waals surface area contributed by atoms with Crippen molar-refractivity contribution in [2.75, 3.05) is 6.61 Å². The Morgan fingerprint density at radius 2 is 1.86 bits per heavy atom. The Kier molecular flexibility index (Phi) is 6.26. The van der Waals surface area contributed by atoms with Gasteiger partial charge in [0.2, 0.25) is 0 Å². The highest BCUT2D eigenvalue weighted by molar-refractivity contribution is 5.66. The van der Waals surface area contributed by atoms with Crippen molar-refractivity contribution in [3.63, 3.8) is 0 Å². The van der Waals surface area contributed by atoms with E-state index in [-0.39, 0.29) is 5.97 Å². The van der Waals surface area contributed by atoms with Crippen molar-refractivity contribution < 1.29 is 9.53 Å². The van der Waals surface area contributed by atoms with Gasteiger partial charge in [0.05, 0.1) is 0 Å². The quantitative estimate of drug-likeness (QED) is 0.501. The van der Waals surface area contributed by atoms with E-state index in [2.05, 4.69) is 33.8 Å². The number of hydrogen-bond acceptors (Lipinski definition) is 2. The van der Waals surface area contributed by atoms with E-state index in [0.29, 0.717) is 18.4 Å². The first kappa shape index (κ1) is 13.2. The van der Waals surface area contributed by atoms with Crippen molar-refractivity contribution in [2.24, 2.45) is 11.8 Å². The van der Waals surface area contributed by atoms with Gasteiger partial charge in [0, 0.05) is 6.92 Å². The lowest BCUT2D eigenvalue weighted by atomic mass is 10.0. The molecule has 0 saturated heterocycles. The Balaban J connectivity index is 4.14. The van der Waals surface area contributed by atoms with E-state index >= 15 is 0 Å². The van der Waals surface area contributed by atoms with Crippen LogP contribution >= 0.6 is 0 Å². The van der Waals surface area contributed by atoms with Gasteiger partial charge in [-0.2, -0.15) is 0 Å². The van der Waals surface area contributed by atoms with Crippen molar-refractivity contribution in [1.29, 1.82) is 0 Å². The lowest BCUT2D eigenvalue weighted by Crippen LogP contribution is -2.08. The van der Waals surface area contributed by atoms with Gasteiger partial charge >= 0.3 is 5.97 Å². The molecule has 0 heterocycles. The first-order valence-corrected chi connectivity index (χ1v) is 5.25. The molecule has 14 heavy (non-hydrogen) atoms. The summed E-state index contributed by atoms with van der Waals surface area (Å²) in [4.78, 5) is 10.7. The van der Waals surface area contributed by atoms with Crippen molar-refractivity contribution in [1.82, 2.24) is 0 Å². The molecule has 0 atom stereocenters. The average Bonchev–Trinajstić information content (AvgIpc) is 2.02. The Morgan fingerprint density at radius 1 is 1.29 bits per heavy atom. The van der Waals surface area contributed by atoms with E-state index in [0.717, 1.165) is 6.42 Å². The summed E-state index contributed by atoms with van der Waals surface area (Å²) in [5.41, 5.74) is 1.22. The molecule has 0 fully saturated rings. The SMILES string of the molecule is CC(=O)OC/C(=C/CC(C)C)C(C)C. The second-order valence-electron chi connectivity index (χ2n) is 4.34. The molecule has 82 valence electrons. The zero-order valence-electron chi connectivity index (χ0n) is 9.96. The van der Waals surface area contributed by atoms with Gasteiger partial charge in [-0.15, -0.1) is 0 Å². The topological polar surface area (TPSA) is 26.3 Å². The highest BCUT2D eigenvalue weighted by Crippen LogP contribution is 2.13. The van der Waals surface area contributed by atoms with Crippen LogP contribution in [0.4, 0.5) is 0 Å². The zero-order valence-corrected chi connectivity index (χ0v) is 9.96. The molecule has 0 bridgehead atoms. The molecule has 0 aromatic rings. The third-order valence-electron chi connectivity index (χ3n) is 2.04. The summed E-state index contributed by atoms with van der Waals surface area (Å²) in [5, 5.41) is 0. The van der Waals surface area contributed by atoms with E-state index in [1.165, 1.54) is 12.5 Å². The first-order valence-electron chi connectivity index (χ1n) is 5.25. The van der Waals surface area contributed by atoms with Gasteiger partial charge in [0.1, 0.15) is 6.61 Å². The molecule has 0 spiro atoms. The summed E-state index contributed by atoms with van der Waals surface area (Å²) >= 11 is 0. The molecular formula is C12H22O2. The van der Waals surface area contributed by atoms with Crippen LogP contribution in [0.25, 0.3) is 0 Å². The maximum absolute atomic E-state index is 10.7. The number of carbonyl (C=O) groups is 1. The Labute approximate surface area is 87.3 Å². The van der Waals surface area contributed by atoms with Gasteiger partial charge in [-0.25, -0.2) is 0 Å². The molecule has 0 aliphatic rings. The Morgan fingerprint density at radius 3 is 2.21 bits per heavy atom. The number of ether oxygens (including phenoxy) is 1. The van der Waals surface area contributed by atoms with Crippen molar-refractivity contribution in [3.05, 3.63) is 11.6 Å². The first-order chi connectivity index (χ1) is 6.43. The van der Waals surface area contributed by atoms with Crippen molar-refractivity contribution in [3.8, 4) is 0 Å².